The highest BCUT2D eigenvalue weighted by Gasteiger charge is 1.99. The van der Waals surface area contributed by atoms with E-state index in [-0.39, 0.29) is 6.61 Å². The Bertz CT molecular complexity index is 434. The fraction of sp³-hybridized carbons (Fsp3) is 0.0909. The first kappa shape index (κ1) is 12.2. The van der Waals surface area contributed by atoms with Crippen molar-refractivity contribution in [3.63, 3.8) is 0 Å². The Balaban J connectivity index is 2.40. The smallest absolute Gasteiger partial charge is 0.413 e. The van der Waals surface area contributed by atoms with Crippen molar-refractivity contribution >= 4 is 29.9 Å². The van der Waals surface area contributed by atoms with E-state index in [4.69, 9.17) is 17.1 Å². The van der Waals surface area contributed by atoms with Crippen LogP contribution in [0, 0.1) is 0 Å². The van der Waals surface area contributed by atoms with Gasteiger partial charge in [0, 0.05) is 5.02 Å². The summed E-state index contributed by atoms with van der Waals surface area (Å²) in [5, 5.41) is 0.669. The minimum Gasteiger partial charge on any atom is -0.453 e. The molecule has 0 atom stereocenters. The Labute approximate surface area is 97.7 Å². The summed E-state index contributed by atoms with van der Waals surface area (Å²) >= 11 is 5.72. The third kappa shape index (κ3) is 4.55. The van der Waals surface area contributed by atoms with E-state index in [1.807, 2.05) is 12.1 Å². The third-order valence-corrected chi connectivity index (χ3v) is 1.92. The van der Waals surface area contributed by atoms with E-state index >= 15 is 0 Å². The highest BCUT2D eigenvalue weighted by Crippen LogP contribution is 2.10. The molecule has 5 heteroatoms. The summed E-state index contributed by atoms with van der Waals surface area (Å²) < 4.78 is 4.67. The van der Waals surface area contributed by atoms with E-state index in [9.17, 15) is 4.79 Å². The van der Waals surface area contributed by atoms with E-state index in [1.54, 1.807) is 24.3 Å². The summed E-state index contributed by atoms with van der Waals surface area (Å²) in [7, 11) is 0. The summed E-state index contributed by atoms with van der Waals surface area (Å²) in [6.45, 7) is 0.119. The van der Waals surface area contributed by atoms with Crippen molar-refractivity contribution in [1.29, 1.82) is 0 Å². The zero-order chi connectivity index (χ0) is 11.8. The molecule has 0 aliphatic heterocycles. The Morgan fingerprint density at radius 2 is 2.12 bits per heavy atom. The second-order valence-corrected chi connectivity index (χ2v) is 3.26. The summed E-state index contributed by atoms with van der Waals surface area (Å²) in [5.41, 5.74) is 8.99. The van der Waals surface area contributed by atoms with Crippen LogP contribution in [0.1, 0.15) is 5.56 Å². The monoisotopic (exact) mass is 236 g/mol. The maximum absolute atomic E-state index is 10.7. The van der Waals surface area contributed by atoms with Gasteiger partial charge in [-0.3, -0.25) is 0 Å². The van der Waals surface area contributed by atoms with Gasteiger partial charge in [0.15, 0.2) is 0 Å². The lowest BCUT2D eigenvalue weighted by atomic mass is 10.2. The van der Waals surface area contributed by atoms with Crippen LogP contribution in [0.5, 0.6) is 0 Å². The molecule has 0 aliphatic rings. The van der Waals surface area contributed by atoms with E-state index in [2.05, 4.69) is 9.53 Å². The van der Waals surface area contributed by atoms with Crippen LogP contribution in [-0.4, -0.2) is 23.6 Å². The molecule has 0 saturated carbocycles. The van der Waals surface area contributed by atoms with Gasteiger partial charge in [-0.15, -0.1) is 0 Å². The minimum atomic E-state index is -0.691. The highest BCUT2D eigenvalue weighted by molar-refractivity contribution is 6.30. The first-order chi connectivity index (χ1) is 7.72. The third-order valence-electron chi connectivity index (χ3n) is 1.67. The fourth-order valence-electron chi connectivity index (χ4n) is 0.973. The maximum atomic E-state index is 10.7. The topological polar surface area (TPSA) is 62.7 Å². The summed E-state index contributed by atoms with van der Waals surface area (Å²) in [4.78, 5) is 13.3. The molecule has 1 aromatic carbocycles. The van der Waals surface area contributed by atoms with E-state index in [0.717, 1.165) is 5.56 Å². The molecule has 0 N–H and O–H groups in total. The average molecular weight is 237 g/mol. The predicted molar refractivity (Wildman–Crippen MR) is 61.1 cm³/mol. The molecule has 0 aromatic heterocycles. The highest BCUT2D eigenvalue weighted by atomic mass is 35.5. The van der Waals surface area contributed by atoms with Crippen LogP contribution in [0.4, 0.5) is 0 Å². The molecule has 0 amide bonds. The normalized spacial score (nSPS) is 9.81. The molecule has 0 bridgehead atoms. The Morgan fingerprint density at radius 3 is 2.75 bits per heavy atom. The number of halogens is 1. The van der Waals surface area contributed by atoms with Crippen molar-refractivity contribution in [2.45, 2.75) is 0 Å². The number of carbonyl (C=O) groups is 1. The predicted octanol–water partition coefficient (Wildman–Crippen LogP) is 2.20. The lowest BCUT2D eigenvalue weighted by molar-refractivity contribution is -0.137. The number of hydrogen-bond donors (Lipinski definition) is 0. The van der Waals surface area contributed by atoms with Crippen molar-refractivity contribution in [3.8, 4) is 0 Å². The van der Waals surface area contributed by atoms with E-state index in [1.165, 1.54) is 0 Å². The molecule has 0 unspecified atom stereocenters. The van der Waals surface area contributed by atoms with Gasteiger partial charge in [-0.05, 0) is 23.8 Å². The molecule has 0 fully saturated rings. The van der Waals surface area contributed by atoms with Crippen molar-refractivity contribution in [1.82, 2.24) is 0 Å². The van der Waals surface area contributed by atoms with Gasteiger partial charge in [-0.1, -0.05) is 29.8 Å². The van der Waals surface area contributed by atoms with Gasteiger partial charge in [0.05, 0.1) is 0 Å². The second kappa shape index (κ2) is 6.56. The second-order valence-electron chi connectivity index (χ2n) is 2.83. The van der Waals surface area contributed by atoms with Gasteiger partial charge < -0.3 is 10.3 Å². The summed E-state index contributed by atoms with van der Waals surface area (Å²) in [5.74, 6) is -0.691. The number of ether oxygens (including phenoxy) is 1. The fourth-order valence-corrected chi connectivity index (χ4v) is 1.10. The van der Waals surface area contributed by atoms with Crippen molar-refractivity contribution in [3.05, 3.63) is 46.5 Å². The van der Waals surface area contributed by atoms with Crippen LogP contribution in [0.15, 0.2) is 30.3 Å². The molecule has 1 rings (SSSR count). The van der Waals surface area contributed by atoms with Gasteiger partial charge >= 0.3 is 12.2 Å². The van der Waals surface area contributed by atoms with Gasteiger partial charge in [0.25, 0.3) is 0 Å². The zero-order valence-electron chi connectivity index (χ0n) is 8.34. The van der Waals surface area contributed by atoms with Crippen molar-refractivity contribution < 1.29 is 14.3 Å². The zero-order valence-corrected chi connectivity index (χ0v) is 9.09. The molecule has 4 nitrogen and oxygen atoms in total. The summed E-state index contributed by atoms with van der Waals surface area (Å²) in [6, 6.07) is 7.23. The largest absolute Gasteiger partial charge is 0.453 e. The first-order valence-electron chi connectivity index (χ1n) is 4.48. The minimum absolute atomic E-state index is 0.119. The Hall–Kier alpha value is -1.90. The molecule has 82 valence electrons. The Morgan fingerprint density at radius 1 is 1.44 bits per heavy atom. The molecule has 0 radical (unpaired) electrons. The van der Waals surface area contributed by atoms with Crippen LogP contribution in [0.3, 0.4) is 0 Å². The van der Waals surface area contributed by atoms with Crippen LogP contribution in [-0.2, 0) is 9.53 Å². The molecule has 0 heterocycles. The first-order valence-corrected chi connectivity index (χ1v) is 4.86. The number of hydrogen-bond acceptors (Lipinski definition) is 2. The lowest BCUT2D eigenvalue weighted by Gasteiger charge is -1.94. The van der Waals surface area contributed by atoms with Gasteiger partial charge in [0.1, 0.15) is 6.61 Å². The molecule has 0 saturated heterocycles. The van der Waals surface area contributed by atoms with Crippen LogP contribution >= 0.6 is 11.6 Å². The van der Waals surface area contributed by atoms with E-state index < -0.39 is 5.97 Å². The molecule has 16 heavy (non-hydrogen) atoms. The molecule has 0 spiro atoms. The van der Waals surface area contributed by atoms with Gasteiger partial charge in [0.2, 0.25) is 0 Å². The van der Waals surface area contributed by atoms with Crippen molar-refractivity contribution in [2.75, 3.05) is 6.61 Å². The van der Waals surface area contributed by atoms with Gasteiger partial charge in [-0.25, -0.2) is 4.79 Å². The van der Waals surface area contributed by atoms with Crippen molar-refractivity contribution in [2.24, 2.45) is 0 Å². The quantitative estimate of drug-likeness (QED) is 0.348. The lowest BCUT2D eigenvalue weighted by Crippen LogP contribution is -2.05. The van der Waals surface area contributed by atoms with E-state index in [0.29, 0.717) is 11.2 Å². The van der Waals surface area contributed by atoms with Crippen LogP contribution < -0.4 is 0 Å². The standard InChI is InChI=1S/C11H9ClN2O2/c12-10-5-3-9(4-6-10)2-1-7-16-11(15)8-14-13/h1-6,8H,7H2. The van der Waals surface area contributed by atoms with Crippen LogP contribution in [0.2, 0.25) is 5.02 Å². The maximum Gasteiger partial charge on any atom is 0.413 e. The number of esters is 1. The SMILES string of the molecule is [N-]=[N+]=CC(=O)OCC=Cc1ccc(Cl)cc1. The number of rotatable bonds is 4. The molecule has 1 aromatic rings. The Kier molecular flexibility index (Phi) is 4.99. The number of carbonyl (C=O) groups excluding carboxylic acids is 1. The van der Waals surface area contributed by atoms with Gasteiger partial charge in [-0.2, -0.15) is 4.79 Å². The van der Waals surface area contributed by atoms with Crippen LogP contribution in [0.25, 0.3) is 11.6 Å². The summed E-state index contributed by atoms with van der Waals surface area (Å²) in [6.07, 6.45) is 4.15. The average Bonchev–Trinajstić information content (AvgIpc) is 2.27. The number of benzene rings is 1. The number of nitrogens with zero attached hydrogens (tertiary/aromatic N) is 2. The molecular formula is C11H9ClN2O2. The molecular weight excluding hydrogens is 228 g/mol. The molecule has 0 aliphatic carbocycles.